The maximum Gasteiger partial charge on any atom is 0.328 e. The van der Waals surface area contributed by atoms with Crippen molar-refractivity contribution in [3.8, 4) is 0 Å². The van der Waals surface area contributed by atoms with Gasteiger partial charge in [0.15, 0.2) is 0 Å². The van der Waals surface area contributed by atoms with Gasteiger partial charge in [0.1, 0.15) is 4.32 Å². The molecule has 50 valence electrons. The van der Waals surface area contributed by atoms with Gasteiger partial charge in [0.05, 0.1) is 0 Å². The van der Waals surface area contributed by atoms with E-state index in [9.17, 15) is 4.79 Å². The van der Waals surface area contributed by atoms with Crippen LogP contribution >= 0.6 is 24.0 Å². The Hall–Kier alpha value is -0.550. The van der Waals surface area contributed by atoms with Crippen molar-refractivity contribution in [1.29, 1.82) is 0 Å². The molecule has 0 fully saturated rings. The molecule has 0 aliphatic carbocycles. The van der Waals surface area contributed by atoms with Crippen LogP contribution in [0.2, 0.25) is 0 Å². The van der Waals surface area contributed by atoms with Crippen molar-refractivity contribution < 1.29 is 9.90 Å². The Labute approximate surface area is 61.9 Å². The van der Waals surface area contributed by atoms with Gasteiger partial charge < -0.3 is 10.8 Å². The predicted molar refractivity (Wildman–Crippen MR) is 41.2 cm³/mol. The molecule has 0 rings (SSSR count). The second-order valence-corrected chi connectivity index (χ2v) is 2.72. The number of thiocarbonyl (C=S) groups is 1. The molecule has 0 aromatic rings. The summed E-state index contributed by atoms with van der Waals surface area (Å²) in [6.45, 7) is 0. The van der Waals surface area contributed by atoms with Gasteiger partial charge in [0.25, 0.3) is 0 Å². The van der Waals surface area contributed by atoms with Crippen LogP contribution in [0.5, 0.6) is 0 Å². The minimum Gasteiger partial charge on any atom is -0.478 e. The number of nitrogens with two attached hydrogens (primary N) is 1. The molecule has 0 aromatic carbocycles. The lowest BCUT2D eigenvalue weighted by Gasteiger charge is -1.83. The van der Waals surface area contributed by atoms with Crippen LogP contribution < -0.4 is 5.73 Å². The van der Waals surface area contributed by atoms with Crippen LogP contribution in [-0.4, -0.2) is 15.4 Å². The highest BCUT2D eigenvalue weighted by molar-refractivity contribution is 8.24. The van der Waals surface area contributed by atoms with Crippen LogP contribution in [0.25, 0.3) is 0 Å². The van der Waals surface area contributed by atoms with Crippen LogP contribution in [0.4, 0.5) is 0 Å². The lowest BCUT2D eigenvalue weighted by Crippen LogP contribution is -1.99. The highest BCUT2D eigenvalue weighted by Gasteiger charge is 1.85. The second-order valence-electron chi connectivity index (χ2n) is 1.08. The van der Waals surface area contributed by atoms with Crippen LogP contribution in [-0.2, 0) is 4.79 Å². The molecule has 3 N–H and O–H groups in total. The summed E-state index contributed by atoms with van der Waals surface area (Å²) in [5.74, 6) is -1.00. The third-order valence-electron chi connectivity index (χ3n) is 0.395. The average Bonchev–Trinajstić information content (AvgIpc) is 1.63. The van der Waals surface area contributed by atoms with Crippen LogP contribution in [0.15, 0.2) is 11.5 Å². The first kappa shape index (κ1) is 8.45. The normalized spacial score (nSPS) is 9.78. The molecule has 0 bridgehead atoms. The zero-order valence-corrected chi connectivity index (χ0v) is 6.04. The summed E-state index contributed by atoms with van der Waals surface area (Å²) >= 11 is 5.45. The number of carbonyl (C=O) groups is 1. The van der Waals surface area contributed by atoms with Crippen molar-refractivity contribution in [3.63, 3.8) is 0 Å². The third kappa shape index (κ3) is 7.45. The van der Waals surface area contributed by atoms with Gasteiger partial charge in [-0.15, -0.1) is 0 Å². The van der Waals surface area contributed by atoms with Crippen molar-refractivity contribution in [2.24, 2.45) is 5.73 Å². The molecule has 0 aliphatic heterocycles. The first-order chi connectivity index (χ1) is 4.13. The Morgan fingerprint density at radius 2 is 2.33 bits per heavy atom. The number of thioether (sulfide) groups is 1. The smallest absolute Gasteiger partial charge is 0.328 e. The molecule has 0 amide bonds. The van der Waals surface area contributed by atoms with E-state index in [4.69, 9.17) is 10.8 Å². The lowest BCUT2D eigenvalue weighted by atomic mass is 10.7. The molecule has 9 heavy (non-hydrogen) atoms. The highest BCUT2D eigenvalue weighted by atomic mass is 32.2. The Balaban J connectivity index is 3.48. The number of rotatable bonds is 2. The van der Waals surface area contributed by atoms with Crippen LogP contribution in [0.3, 0.4) is 0 Å². The minimum atomic E-state index is -1.00. The predicted octanol–water partition coefficient (Wildman–Crippen LogP) is 0.562. The first-order valence-corrected chi connectivity index (χ1v) is 3.27. The monoisotopic (exact) mass is 163 g/mol. The van der Waals surface area contributed by atoms with Gasteiger partial charge in [-0.1, -0.05) is 24.0 Å². The Bertz CT molecular complexity index is 155. The fraction of sp³-hybridized carbons (Fsp3) is 0. The zero-order chi connectivity index (χ0) is 7.28. The van der Waals surface area contributed by atoms with Gasteiger partial charge in [-0.2, -0.15) is 0 Å². The fourth-order valence-electron chi connectivity index (χ4n) is 0.159. The molecular weight excluding hydrogens is 158 g/mol. The SMILES string of the molecule is NC(=S)SC=CC(=O)O. The molecule has 0 heterocycles. The van der Waals surface area contributed by atoms with Gasteiger partial charge >= 0.3 is 5.97 Å². The maximum atomic E-state index is 9.80. The van der Waals surface area contributed by atoms with Crippen molar-refractivity contribution in [1.82, 2.24) is 0 Å². The van der Waals surface area contributed by atoms with E-state index in [0.29, 0.717) is 0 Å². The van der Waals surface area contributed by atoms with E-state index in [0.717, 1.165) is 17.8 Å². The Morgan fingerprint density at radius 1 is 1.78 bits per heavy atom. The van der Waals surface area contributed by atoms with Crippen molar-refractivity contribution >= 4 is 34.3 Å². The van der Waals surface area contributed by atoms with E-state index in [1.165, 1.54) is 5.41 Å². The van der Waals surface area contributed by atoms with E-state index < -0.39 is 5.97 Å². The minimum absolute atomic E-state index is 0.215. The van der Waals surface area contributed by atoms with Gasteiger partial charge in [-0.3, -0.25) is 0 Å². The van der Waals surface area contributed by atoms with E-state index in [1.54, 1.807) is 0 Å². The van der Waals surface area contributed by atoms with Crippen molar-refractivity contribution in [3.05, 3.63) is 11.5 Å². The van der Waals surface area contributed by atoms with Crippen molar-refractivity contribution in [2.75, 3.05) is 0 Å². The molecule has 0 saturated carbocycles. The Morgan fingerprint density at radius 3 is 2.67 bits per heavy atom. The van der Waals surface area contributed by atoms with Crippen LogP contribution in [0, 0.1) is 0 Å². The third-order valence-corrected chi connectivity index (χ3v) is 1.19. The molecule has 0 saturated heterocycles. The summed E-state index contributed by atoms with van der Waals surface area (Å²) in [7, 11) is 0. The summed E-state index contributed by atoms with van der Waals surface area (Å²) in [5, 5.41) is 9.37. The van der Waals surface area contributed by atoms with E-state index in [-0.39, 0.29) is 4.32 Å². The molecule has 0 aliphatic rings. The highest BCUT2D eigenvalue weighted by Crippen LogP contribution is 1.99. The van der Waals surface area contributed by atoms with Gasteiger partial charge in [0.2, 0.25) is 0 Å². The number of hydrogen-bond acceptors (Lipinski definition) is 3. The van der Waals surface area contributed by atoms with Crippen LogP contribution in [0.1, 0.15) is 0 Å². The number of carboxylic acid groups (broad SMARTS) is 1. The summed E-state index contributed by atoms with van der Waals surface area (Å²) in [6, 6.07) is 0. The van der Waals surface area contributed by atoms with Gasteiger partial charge in [-0.05, 0) is 5.41 Å². The maximum absolute atomic E-state index is 9.80. The van der Waals surface area contributed by atoms with Gasteiger partial charge in [-0.25, -0.2) is 4.79 Å². The number of carboxylic acids is 1. The first-order valence-electron chi connectivity index (χ1n) is 1.98. The van der Waals surface area contributed by atoms with E-state index in [1.807, 2.05) is 0 Å². The summed E-state index contributed by atoms with van der Waals surface area (Å²) < 4.78 is 0.215. The molecule has 3 nitrogen and oxygen atoms in total. The standard InChI is InChI=1S/C4H5NO2S2/c5-4(8)9-2-1-3(6)7/h1-2H,(H2,5,8)(H,6,7). The topological polar surface area (TPSA) is 63.3 Å². The zero-order valence-electron chi connectivity index (χ0n) is 4.40. The molecular formula is C4H5NO2S2. The average molecular weight is 163 g/mol. The molecule has 0 unspecified atom stereocenters. The summed E-state index contributed by atoms with van der Waals surface area (Å²) in [4.78, 5) is 9.80. The fourth-order valence-corrected chi connectivity index (χ4v) is 0.645. The molecule has 0 aromatic heterocycles. The van der Waals surface area contributed by atoms with E-state index >= 15 is 0 Å². The van der Waals surface area contributed by atoms with Crippen molar-refractivity contribution in [2.45, 2.75) is 0 Å². The number of aliphatic carboxylic acids is 1. The summed E-state index contributed by atoms with van der Waals surface area (Å²) in [5.41, 5.74) is 5.03. The molecule has 5 heteroatoms. The van der Waals surface area contributed by atoms with Gasteiger partial charge in [0, 0.05) is 6.08 Å². The lowest BCUT2D eigenvalue weighted by molar-refractivity contribution is -0.131. The largest absolute Gasteiger partial charge is 0.478 e. The molecule has 0 radical (unpaired) electrons. The quantitative estimate of drug-likeness (QED) is 0.460. The molecule has 0 spiro atoms. The van der Waals surface area contributed by atoms with E-state index in [2.05, 4.69) is 12.2 Å². The Kier molecular flexibility index (Phi) is 4.08. The summed E-state index contributed by atoms with van der Waals surface area (Å²) in [6.07, 6.45) is 0.976. The molecule has 0 atom stereocenters. The second kappa shape index (κ2) is 4.34. The number of hydrogen-bond donors (Lipinski definition) is 2.